The van der Waals surface area contributed by atoms with Crippen molar-refractivity contribution in [2.45, 2.75) is 18.3 Å². The Morgan fingerprint density at radius 3 is 2.95 bits per heavy atom. The summed E-state index contributed by atoms with van der Waals surface area (Å²) in [7, 11) is 0. The zero-order valence-electron chi connectivity index (χ0n) is 11.2. The molecule has 0 unspecified atom stereocenters. The van der Waals surface area contributed by atoms with Crippen LogP contribution in [-0.2, 0) is 10.2 Å². The lowest BCUT2D eigenvalue weighted by Gasteiger charge is -2.22. The number of benzene rings is 1. The summed E-state index contributed by atoms with van der Waals surface area (Å²) in [5.74, 6) is 0.923. The minimum atomic E-state index is 0.255. The van der Waals surface area contributed by atoms with Crippen LogP contribution in [0.5, 0.6) is 5.75 Å². The van der Waals surface area contributed by atoms with Gasteiger partial charge in [0.1, 0.15) is 5.75 Å². The van der Waals surface area contributed by atoms with Gasteiger partial charge >= 0.3 is 0 Å². The molecule has 1 aromatic carbocycles. The van der Waals surface area contributed by atoms with Gasteiger partial charge in [0, 0.05) is 23.3 Å². The topological polar surface area (TPSA) is 42.4 Å². The molecule has 3 heteroatoms. The van der Waals surface area contributed by atoms with Crippen LogP contribution in [0.2, 0.25) is 0 Å². The van der Waals surface area contributed by atoms with Crippen LogP contribution in [0.15, 0.2) is 42.5 Å². The Bertz CT molecular complexity index is 655. The largest absolute Gasteiger partial charge is 0.508 e. The van der Waals surface area contributed by atoms with Gasteiger partial charge in [0.05, 0.1) is 12.3 Å². The first-order valence-electron chi connectivity index (χ1n) is 7.13. The number of phenols is 1. The van der Waals surface area contributed by atoms with E-state index >= 15 is 0 Å². The second kappa shape index (κ2) is 4.32. The molecule has 0 radical (unpaired) electrons. The van der Waals surface area contributed by atoms with Crippen molar-refractivity contribution < 1.29 is 9.84 Å². The lowest BCUT2D eigenvalue weighted by Crippen LogP contribution is -2.22. The first kappa shape index (κ1) is 11.9. The van der Waals surface area contributed by atoms with Crippen molar-refractivity contribution in [3.05, 3.63) is 48.2 Å². The van der Waals surface area contributed by atoms with Crippen molar-refractivity contribution in [1.29, 1.82) is 0 Å². The van der Waals surface area contributed by atoms with Crippen molar-refractivity contribution in [2.75, 3.05) is 13.2 Å². The molecule has 0 amide bonds. The highest BCUT2D eigenvalue weighted by molar-refractivity contribution is 5.61. The Kier molecular flexibility index (Phi) is 2.57. The van der Waals surface area contributed by atoms with E-state index < -0.39 is 0 Å². The summed E-state index contributed by atoms with van der Waals surface area (Å²) in [6, 6.07) is 13.5. The molecule has 2 fully saturated rings. The molecular formula is C17H17NO2. The molecule has 0 spiro atoms. The fourth-order valence-electron chi connectivity index (χ4n) is 3.37. The van der Waals surface area contributed by atoms with Gasteiger partial charge in [-0.15, -0.1) is 0 Å². The van der Waals surface area contributed by atoms with Crippen LogP contribution in [-0.4, -0.2) is 23.3 Å². The molecule has 1 aromatic heterocycles. The highest BCUT2D eigenvalue weighted by Crippen LogP contribution is 2.58. The summed E-state index contributed by atoms with van der Waals surface area (Å²) < 4.78 is 5.54. The minimum absolute atomic E-state index is 0.255. The summed E-state index contributed by atoms with van der Waals surface area (Å²) in [5.41, 5.74) is 3.34. The fraction of sp³-hybridized carbons (Fsp3) is 0.353. The van der Waals surface area contributed by atoms with Gasteiger partial charge in [0.25, 0.3) is 0 Å². The van der Waals surface area contributed by atoms with Gasteiger partial charge in [-0.05, 0) is 43.0 Å². The van der Waals surface area contributed by atoms with Crippen molar-refractivity contribution in [3.8, 4) is 17.0 Å². The summed E-state index contributed by atoms with van der Waals surface area (Å²) >= 11 is 0. The third kappa shape index (κ3) is 1.81. The number of phenolic OH excluding ortho intramolecular Hbond substituents is 1. The average molecular weight is 267 g/mol. The van der Waals surface area contributed by atoms with E-state index in [0.717, 1.165) is 30.9 Å². The highest BCUT2D eigenvalue weighted by Gasteiger charge is 2.57. The third-order valence-electron chi connectivity index (χ3n) is 4.64. The molecule has 1 saturated heterocycles. The normalized spacial score (nSPS) is 27.9. The molecule has 102 valence electrons. The van der Waals surface area contributed by atoms with Crippen LogP contribution in [0.1, 0.15) is 18.5 Å². The quantitative estimate of drug-likeness (QED) is 0.909. The number of rotatable bonds is 2. The molecule has 2 atom stereocenters. The summed E-state index contributed by atoms with van der Waals surface area (Å²) in [4.78, 5) is 4.85. The lowest BCUT2D eigenvalue weighted by molar-refractivity contribution is 0.0794. The minimum Gasteiger partial charge on any atom is -0.508 e. The Hall–Kier alpha value is -1.87. The maximum Gasteiger partial charge on any atom is 0.116 e. The van der Waals surface area contributed by atoms with Gasteiger partial charge in [-0.3, -0.25) is 4.98 Å². The van der Waals surface area contributed by atoms with Crippen molar-refractivity contribution >= 4 is 0 Å². The summed E-state index contributed by atoms with van der Waals surface area (Å²) in [6.45, 7) is 1.71. The Morgan fingerprint density at radius 1 is 1.20 bits per heavy atom. The second-order valence-electron chi connectivity index (χ2n) is 5.84. The van der Waals surface area contributed by atoms with Gasteiger partial charge in [0.15, 0.2) is 0 Å². The molecule has 1 aliphatic heterocycles. The number of fused-ring (bicyclic) bond motifs is 1. The average Bonchev–Trinajstić information content (AvgIpc) is 3.23. The summed E-state index contributed by atoms with van der Waals surface area (Å²) in [5, 5.41) is 9.61. The standard InChI is InChI=1S/C17H17NO2/c19-14-4-1-3-12(9-14)15-5-2-6-16(18-15)17-7-8-20-11-13(17)10-17/h1-6,9,13,19H,7-8,10-11H2/t13-,17+/m1/s1. The predicted octanol–water partition coefficient (Wildman–Crippen LogP) is 3.13. The van der Waals surface area contributed by atoms with Crippen LogP contribution in [0.25, 0.3) is 11.3 Å². The lowest BCUT2D eigenvalue weighted by atomic mass is 9.93. The van der Waals surface area contributed by atoms with E-state index in [1.165, 1.54) is 12.1 Å². The van der Waals surface area contributed by atoms with Crippen molar-refractivity contribution in [2.24, 2.45) is 5.92 Å². The molecule has 1 saturated carbocycles. The maximum atomic E-state index is 9.61. The molecule has 2 aromatic rings. The van der Waals surface area contributed by atoms with Gasteiger partial charge in [-0.25, -0.2) is 0 Å². The van der Waals surface area contributed by atoms with E-state index in [1.807, 2.05) is 18.2 Å². The van der Waals surface area contributed by atoms with Gasteiger partial charge in [-0.1, -0.05) is 18.2 Å². The Labute approximate surface area is 118 Å². The zero-order valence-corrected chi connectivity index (χ0v) is 11.2. The molecule has 1 N–H and O–H groups in total. The van der Waals surface area contributed by atoms with E-state index in [4.69, 9.17) is 9.72 Å². The van der Waals surface area contributed by atoms with Gasteiger partial charge < -0.3 is 9.84 Å². The monoisotopic (exact) mass is 267 g/mol. The third-order valence-corrected chi connectivity index (χ3v) is 4.64. The molecular weight excluding hydrogens is 250 g/mol. The smallest absolute Gasteiger partial charge is 0.116 e. The number of nitrogens with zero attached hydrogens (tertiary/aromatic N) is 1. The van der Waals surface area contributed by atoms with E-state index in [-0.39, 0.29) is 11.2 Å². The van der Waals surface area contributed by atoms with Crippen LogP contribution in [0.3, 0.4) is 0 Å². The van der Waals surface area contributed by atoms with Crippen LogP contribution < -0.4 is 0 Å². The molecule has 4 rings (SSSR count). The van der Waals surface area contributed by atoms with E-state index in [0.29, 0.717) is 5.92 Å². The number of ether oxygens (including phenoxy) is 1. The first-order chi connectivity index (χ1) is 9.78. The Balaban J connectivity index is 1.72. The molecule has 1 aliphatic carbocycles. The van der Waals surface area contributed by atoms with Crippen LogP contribution in [0.4, 0.5) is 0 Å². The number of aromatic hydroxyl groups is 1. The SMILES string of the molecule is Oc1cccc(-c2cccc([C@]34CCOC[C@H]3C4)n2)c1. The number of hydrogen-bond donors (Lipinski definition) is 1. The molecule has 3 nitrogen and oxygen atoms in total. The maximum absolute atomic E-state index is 9.61. The molecule has 0 bridgehead atoms. The number of aromatic nitrogens is 1. The number of hydrogen-bond acceptors (Lipinski definition) is 3. The first-order valence-corrected chi connectivity index (χ1v) is 7.13. The van der Waals surface area contributed by atoms with Crippen molar-refractivity contribution in [1.82, 2.24) is 4.98 Å². The van der Waals surface area contributed by atoms with Crippen LogP contribution >= 0.6 is 0 Å². The Morgan fingerprint density at radius 2 is 2.10 bits per heavy atom. The molecule has 2 heterocycles. The van der Waals surface area contributed by atoms with Crippen molar-refractivity contribution in [3.63, 3.8) is 0 Å². The second-order valence-corrected chi connectivity index (χ2v) is 5.84. The van der Waals surface area contributed by atoms with Gasteiger partial charge in [-0.2, -0.15) is 0 Å². The molecule has 2 aliphatic rings. The zero-order chi connectivity index (χ0) is 13.6. The van der Waals surface area contributed by atoms with Crippen LogP contribution in [0, 0.1) is 5.92 Å². The predicted molar refractivity (Wildman–Crippen MR) is 76.6 cm³/mol. The summed E-state index contributed by atoms with van der Waals surface area (Å²) in [6.07, 6.45) is 2.28. The fourth-order valence-corrected chi connectivity index (χ4v) is 3.37. The number of pyridine rings is 1. The van der Waals surface area contributed by atoms with Gasteiger partial charge in [0.2, 0.25) is 0 Å². The highest BCUT2D eigenvalue weighted by atomic mass is 16.5. The van der Waals surface area contributed by atoms with E-state index in [2.05, 4.69) is 12.1 Å². The molecule has 20 heavy (non-hydrogen) atoms. The van der Waals surface area contributed by atoms with E-state index in [1.54, 1.807) is 12.1 Å². The van der Waals surface area contributed by atoms with E-state index in [9.17, 15) is 5.11 Å².